The number of hydrogen-bond donors (Lipinski definition) is 0. The summed E-state index contributed by atoms with van der Waals surface area (Å²) in [5.41, 5.74) is 0. The first-order valence-electron chi connectivity index (χ1n) is 11.6. The molecule has 1 aliphatic rings. The predicted molar refractivity (Wildman–Crippen MR) is 124 cm³/mol. The largest absolute Gasteiger partial charge is 0.463 e. The minimum atomic E-state index is -1.40. The third-order valence-electron chi connectivity index (χ3n) is 5.25. The number of aromatic nitrogens is 2. The maximum absolute atomic E-state index is 12.5. The van der Waals surface area contributed by atoms with Crippen molar-refractivity contribution in [3.8, 4) is 0 Å². The van der Waals surface area contributed by atoms with Crippen LogP contribution in [0.1, 0.15) is 27.7 Å². The lowest BCUT2D eigenvalue weighted by molar-refractivity contribution is -0.396. The molecule has 5 atom stereocenters. The van der Waals surface area contributed by atoms with Crippen molar-refractivity contribution in [1.29, 1.82) is 0 Å². The van der Waals surface area contributed by atoms with E-state index >= 15 is 0 Å². The molecule has 216 valence electrons. The molecule has 1 aromatic heterocycles. The summed E-state index contributed by atoms with van der Waals surface area (Å²) in [6.07, 6.45) is -4.22. The molecule has 1 saturated heterocycles. The maximum Gasteiger partial charge on any atom is 0.435 e. The van der Waals surface area contributed by atoms with Crippen molar-refractivity contribution in [3.63, 3.8) is 0 Å². The second kappa shape index (κ2) is 14.1. The molecular formula is C22H30N4O13. The lowest BCUT2D eigenvalue weighted by Gasteiger charge is -2.44. The number of nitro groups is 1. The summed E-state index contributed by atoms with van der Waals surface area (Å²) in [5, 5.41) is 11.0. The van der Waals surface area contributed by atoms with E-state index in [1.165, 1.54) is 24.3 Å². The van der Waals surface area contributed by atoms with E-state index in [9.17, 15) is 34.1 Å². The molecule has 0 radical (unpaired) electrons. The van der Waals surface area contributed by atoms with Crippen LogP contribution in [0, 0.1) is 10.1 Å². The fourth-order valence-electron chi connectivity index (χ4n) is 3.62. The molecule has 0 N–H and O–H groups in total. The molecule has 0 bridgehead atoms. The summed E-state index contributed by atoms with van der Waals surface area (Å²) in [6, 6.07) is 0. The minimum Gasteiger partial charge on any atom is -0.463 e. The van der Waals surface area contributed by atoms with Crippen molar-refractivity contribution >= 4 is 35.7 Å². The van der Waals surface area contributed by atoms with E-state index < -0.39 is 78.0 Å². The number of carbonyl (C=O) groups is 5. The van der Waals surface area contributed by atoms with Gasteiger partial charge in [-0.25, -0.2) is 4.57 Å². The highest BCUT2D eigenvalue weighted by molar-refractivity contribution is 5.76. The van der Waals surface area contributed by atoms with Crippen LogP contribution in [0.3, 0.4) is 0 Å². The van der Waals surface area contributed by atoms with Gasteiger partial charge in [-0.1, -0.05) is 4.98 Å². The van der Waals surface area contributed by atoms with E-state index in [2.05, 4.69) is 4.98 Å². The monoisotopic (exact) mass is 558 g/mol. The van der Waals surface area contributed by atoms with E-state index in [1.807, 2.05) is 0 Å². The second-order valence-electron chi connectivity index (χ2n) is 8.37. The molecule has 1 fully saturated rings. The number of likely N-dealkylation sites (N-methyl/N-ethyl adjacent to an activating group) is 1. The summed E-state index contributed by atoms with van der Waals surface area (Å²) in [6.45, 7) is 3.43. The maximum atomic E-state index is 12.5. The summed E-state index contributed by atoms with van der Waals surface area (Å²) < 4.78 is 33.5. The van der Waals surface area contributed by atoms with Crippen LogP contribution >= 0.6 is 0 Å². The van der Waals surface area contributed by atoms with Gasteiger partial charge in [0.05, 0.1) is 6.61 Å². The standard InChI is InChI=1S/C22H30N4O13/c1-12(27)35-11-16-18(36-13(2)28)19(37-14(3)29)20(38-15(4)30)21(39-16)34-9-8-24(5)17(31)10-25-7-6-23-22(25)26(32)33/h6-7,16,18-21H,8-11H2,1-5H3/t16-,18-,19+,20-,21-/m1/s1. The zero-order valence-electron chi connectivity index (χ0n) is 22.0. The highest BCUT2D eigenvalue weighted by Crippen LogP contribution is 2.30. The lowest BCUT2D eigenvalue weighted by Crippen LogP contribution is -2.63. The van der Waals surface area contributed by atoms with Crippen LogP contribution < -0.4 is 0 Å². The molecule has 0 aliphatic carbocycles. The fourth-order valence-corrected chi connectivity index (χ4v) is 3.62. The van der Waals surface area contributed by atoms with Crippen LogP contribution in [0.2, 0.25) is 0 Å². The van der Waals surface area contributed by atoms with Gasteiger partial charge in [-0.3, -0.25) is 24.0 Å². The number of ether oxygens (including phenoxy) is 6. The smallest absolute Gasteiger partial charge is 0.435 e. The Hall–Kier alpha value is -4.12. The fraction of sp³-hybridized carbons (Fsp3) is 0.636. The van der Waals surface area contributed by atoms with Crippen LogP contribution in [0.15, 0.2) is 12.4 Å². The molecule has 39 heavy (non-hydrogen) atoms. The first-order chi connectivity index (χ1) is 18.3. The number of amides is 1. The van der Waals surface area contributed by atoms with Gasteiger partial charge in [0.15, 0.2) is 31.1 Å². The summed E-state index contributed by atoms with van der Waals surface area (Å²) in [5.74, 6) is -4.01. The Morgan fingerprint density at radius 1 is 1.00 bits per heavy atom. The van der Waals surface area contributed by atoms with Crippen LogP contribution in [0.4, 0.5) is 5.95 Å². The van der Waals surface area contributed by atoms with Crippen molar-refractivity contribution < 1.29 is 57.3 Å². The molecule has 17 nitrogen and oxygen atoms in total. The minimum absolute atomic E-state index is 0.0335. The molecule has 2 rings (SSSR count). The number of rotatable bonds is 12. The number of carbonyl (C=O) groups excluding carboxylic acids is 5. The zero-order valence-corrected chi connectivity index (χ0v) is 22.0. The van der Waals surface area contributed by atoms with Crippen molar-refractivity contribution in [3.05, 3.63) is 22.5 Å². The first kappa shape index (κ1) is 31.1. The molecule has 1 amide bonds. The molecule has 1 aliphatic heterocycles. The molecule has 17 heteroatoms. The zero-order chi connectivity index (χ0) is 29.3. The van der Waals surface area contributed by atoms with E-state index in [-0.39, 0.29) is 19.7 Å². The highest BCUT2D eigenvalue weighted by atomic mass is 16.7. The Morgan fingerprint density at radius 3 is 2.15 bits per heavy atom. The van der Waals surface area contributed by atoms with Crippen molar-refractivity contribution in [2.24, 2.45) is 0 Å². The third kappa shape index (κ3) is 9.29. The van der Waals surface area contributed by atoms with Gasteiger partial charge in [0, 0.05) is 41.3 Å². The molecule has 2 heterocycles. The van der Waals surface area contributed by atoms with E-state index in [1.54, 1.807) is 0 Å². The van der Waals surface area contributed by atoms with Crippen molar-refractivity contribution in [2.45, 2.75) is 64.9 Å². The molecular weight excluding hydrogens is 528 g/mol. The number of hydrogen-bond acceptors (Lipinski definition) is 14. The van der Waals surface area contributed by atoms with Crippen LogP contribution in [0.5, 0.6) is 0 Å². The summed E-state index contributed by atoms with van der Waals surface area (Å²) in [7, 11) is 1.43. The Morgan fingerprint density at radius 2 is 1.59 bits per heavy atom. The summed E-state index contributed by atoms with van der Waals surface area (Å²) >= 11 is 0. The van der Waals surface area contributed by atoms with E-state index in [0.717, 1.165) is 32.3 Å². The highest BCUT2D eigenvalue weighted by Gasteiger charge is 2.52. The Balaban J connectivity index is 2.18. The Kier molecular flexibility index (Phi) is 11.3. The van der Waals surface area contributed by atoms with Gasteiger partial charge in [0.25, 0.3) is 5.91 Å². The van der Waals surface area contributed by atoms with Gasteiger partial charge >= 0.3 is 29.8 Å². The van der Waals surface area contributed by atoms with Crippen LogP contribution in [-0.4, -0.2) is 107 Å². The quantitative estimate of drug-likeness (QED) is 0.135. The average Bonchev–Trinajstić information content (AvgIpc) is 3.28. The van der Waals surface area contributed by atoms with Gasteiger partial charge in [-0.15, -0.1) is 0 Å². The molecule has 0 spiro atoms. The SMILES string of the molecule is CC(=O)OC[C@H]1O[C@@H](OCCN(C)C(=O)Cn2ccnc2[N+](=O)[O-])[C@H](OC(C)=O)[C@@H](OC(C)=O)[C@@H]1OC(C)=O. The van der Waals surface area contributed by atoms with Gasteiger partial charge < -0.3 is 43.4 Å². The van der Waals surface area contributed by atoms with Gasteiger partial charge in [-0.2, -0.15) is 0 Å². The predicted octanol–water partition coefficient (Wildman–Crippen LogP) is -0.651. The van der Waals surface area contributed by atoms with Gasteiger partial charge in [0.1, 0.15) is 25.1 Å². The van der Waals surface area contributed by atoms with Gasteiger partial charge in [-0.05, 0) is 4.92 Å². The average molecular weight is 558 g/mol. The molecule has 0 unspecified atom stereocenters. The summed E-state index contributed by atoms with van der Waals surface area (Å²) in [4.78, 5) is 74.5. The Bertz CT molecular complexity index is 1070. The van der Waals surface area contributed by atoms with Crippen molar-refractivity contribution in [2.75, 3.05) is 26.8 Å². The second-order valence-corrected chi connectivity index (χ2v) is 8.37. The topological polar surface area (TPSA) is 205 Å². The van der Waals surface area contributed by atoms with Gasteiger partial charge in [0.2, 0.25) is 0 Å². The van der Waals surface area contributed by atoms with E-state index in [0.29, 0.717) is 0 Å². The molecule has 1 aromatic rings. The molecule has 0 aromatic carbocycles. The van der Waals surface area contributed by atoms with Crippen LogP contribution in [0.25, 0.3) is 0 Å². The molecule has 0 saturated carbocycles. The third-order valence-corrected chi connectivity index (χ3v) is 5.25. The number of esters is 4. The van der Waals surface area contributed by atoms with E-state index in [4.69, 9.17) is 28.4 Å². The number of imidazole rings is 1. The Labute approximate surface area is 222 Å². The number of nitrogens with zero attached hydrogens (tertiary/aromatic N) is 4. The normalized spacial score (nSPS) is 22.3. The van der Waals surface area contributed by atoms with Crippen LogP contribution in [-0.2, 0) is 58.9 Å². The van der Waals surface area contributed by atoms with Crippen molar-refractivity contribution in [1.82, 2.24) is 14.5 Å². The lowest BCUT2D eigenvalue weighted by atomic mass is 9.98. The first-order valence-corrected chi connectivity index (χ1v) is 11.6.